The number of hydrogen-bond donors (Lipinski definition) is 0. The van der Waals surface area contributed by atoms with E-state index in [0.717, 1.165) is 0 Å². The number of carbonyl (C=O) groups excluding carboxylic acids is 1. The Hall–Kier alpha value is -2.49. The van der Waals surface area contributed by atoms with Gasteiger partial charge in [0, 0.05) is 20.1 Å². The molecule has 1 aromatic carbocycles. The number of benzene rings is 1. The predicted octanol–water partition coefficient (Wildman–Crippen LogP) is -0.775. The predicted molar refractivity (Wildman–Crippen MR) is 73.5 cm³/mol. The van der Waals surface area contributed by atoms with Gasteiger partial charge < -0.3 is 15.0 Å². The molecule has 1 aromatic rings. The van der Waals surface area contributed by atoms with Crippen molar-refractivity contribution in [3.63, 3.8) is 0 Å². The van der Waals surface area contributed by atoms with Crippen molar-refractivity contribution in [2.45, 2.75) is 17.7 Å². The van der Waals surface area contributed by atoms with E-state index in [1.54, 1.807) is 14.1 Å². The van der Waals surface area contributed by atoms with Crippen LogP contribution in [0.1, 0.15) is 12.8 Å². The molecule has 0 aromatic heterocycles. The molecule has 0 amide bonds. The number of rotatable bonds is 7. The van der Waals surface area contributed by atoms with Crippen LogP contribution in [0.2, 0.25) is 0 Å². The van der Waals surface area contributed by atoms with Crippen molar-refractivity contribution in [1.29, 1.82) is 0 Å². The fourth-order valence-corrected chi connectivity index (χ4v) is 2.21. The van der Waals surface area contributed by atoms with Crippen LogP contribution in [0, 0.1) is 0 Å². The summed E-state index contributed by atoms with van der Waals surface area (Å²) in [6.45, 7) is 0. The monoisotopic (exact) mass is 326 g/mol. The van der Waals surface area contributed by atoms with Crippen LogP contribution in [-0.2, 0) is 14.8 Å². The van der Waals surface area contributed by atoms with Gasteiger partial charge in [0.15, 0.2) is 0 Å². The van der Waals surface area contributed by atoms with Crippen LogP contribution in [0.5, 0.6) is 0 Å². The van der Waals surface area contributed by atoms with Crippen LogP contribution in [-0.4, -0.2) is 39.4 Å². The average Bonchev–Trinajstić information content (AvgIpc) is 2.43. The van der Waals surface area contributed by atoms with Crippen molar-refractivity contribution in [2.24, 2.45) is 14.7 Å². The summed E-state index contributed by atoms with van der Waals surface area (Å²) in [6.07, 6.45) is -1.11. The average molecular weight is 326 g/mol. The maximum Gasteiger partial charge on any atom is 0.281 e. The molecule has 0 atom stereocenters. The molecule has 0 heterocycles. The van der Waals surface area contributed by atoms with E-state index < -0.39 is 34.7 Å². The highest BCUT2D eigenvalue weighted by Crippen LogP contribution is 2.18. The number of carbonyl (C=O) groups is 1. The zero-order chi connectivity index (χ0) is 16.8. The van der Waals surface area contributed by atoms with Crippen LogP contribution in [0.3, 0.4) is 0 Å². The lowest BCUT2D eigenvalue weighted by Gasteiger charge is -2.10. The van der Waals surface area contributed by atoms with Crippen molar-refractivity contribution in [3.8, 4) is 0 Å². The number of carboxylic acids is 1. The molecule has 0 radical (unpaired) electrons. The van der Waals surface area contributed by atoms with Crippen molar-refractivity contribution < 1.29 is 23.4 Å². The Morgan fingerprint density at radius 2 is 1.73 bits per heavy atom. The first-order valence-corrected chi connectivity index (χ1v) is 7.54. The summed E-state index contributed by atoms with van der Waals surface area (Å²) in [4.78, 5) is 10.0. The van der Waals surface area contributed by atoms with Gasteiger partial charge in [-0.3, -0.25) is 5.01 Å². The van der Waals surface area contributed by atoms with E-state index in [2.05, 4.69) is 14.7 Å². The van der Waals surface area contributed by atoms with E-state index in [-0.39, 0.29) is 4.90 Å². The summed E-state index contributed by atoms with van der Waals surface area (Å²) in [5.74, 6) is -2.49. The topological polar surface area (TPSA) is 138 Å². The Kier molecular flexibility index (Phi) is 5.99. The molecule has 1 rings (SSSR count). The summed E-state index contributed by atoms with van der Waals surface area (Å²) < 4.78 is 26.7. The van der Waals surface area contributed by atoms with Crippen LogP contribution in [0.4, 0.5) is 5.69 Å². The first-order chi connectivity index (χ1) is 10.2. The Morgan fingerprint density at radius 1 is 1.14 bits per heavy atom. The molecule has 9 nitrogen and oxygen atoms in total. The number of hydrogen-bond acceptors (Lipinski definition) is 7. The third-order valence-electron chi connectivity index (χ3n) is 2.24. The van der Waals surface area contributed by atoms with E-state index in [1.165, 1.54) is 29.3 Å². The fraction of sp³-hybridized carbons (Fsp3) is 0.333. The molecule has 0 saturated heterocycles. The van der Waals surface area contributed by atoms with Crippen LogP contribution < -0.4 is 10.2 Å². The molecule has 10 heteroatoms. The van der Waals surface area contributed by atoms with E-state index >= 15 is 0 Å². The first kappa shape index (κ1) is 17.6. The first-order valence-electron chi connectivity index (χ1n) is 6.10. The molecule has 0 aliphatic rings. The molecule has 0 unspecified atom stereocenters. The number of carboxylic acid groups (broad SMARTS) is 1. The molecule has 0 spiro atoms. The molecular weight excluding hydrogens is 312 g/mol. The van der Waals surface area contributed by atoms with E-state index in [1.807, 2.05) is 0 Å². The molecule has 0 fully saturated rings. The fourth-order valence-electron chi connectivity index (χ4n) is 1.27. The van der Waals surface area contributed by atoms with Gasteiger partial charge in [-0.2, -0.15) is 12.8 Å². The van der Waals surface area contributed by atoms with Gasteiger partial charge in [-0.15, -0.1) is 5.11 Å². The van der Waals surface area contributed by atoms with Gasteiger partial charge in [0.05, 0.1) is 10.6 Å². The molecule has 0 saturated carbocycles. The number of sulfonamides is 1. The quantitative estimate of drug-likeness (QED) is 0.279. The molecule has 0 bridgehead atoms. The smallest absolute Gasteiger partial charge is 0.281 e. The second-order valence-corrected chi connectivity index (χ2v) is 5.97. The lowest BCUT2D eigenvalue weighted by molar-refractivity contribution is -0.306. The van der Waals surface area contributed by atoms with Gasteiger partial charge in [-0.1, -0.05) is 5.22 Å². The molecule has 22 heavy (non-hydrogen) atoms. The van der Waals surface area contributed by atoms with Crippen molar-refractivity contribution in [2.75, 3.05) is 14.1 Å². The molecule has 120 valence electrons. The van der Waals surface area contributed by atoms with Crippen LogP contribution in [0.15, 0.2) is 43.9 Å². The maximum absolute atomic E-state index is 11.9. The van der Waals surface area contributed by atoms with Gasteiger partial charge in [0.1, 0.15) is 0 Å². The highest BCUT2D eigenvalue weighted by Gasteiger charge is 2.11. The van der Waals surface area contributed by atoms with Gasteiger partial charge in [0.25, 0.3) is 10.0 Å². The summed E-state index contributed by atoms with van der Waals surface area (Å²) >= 11 is 0. The minimum atomic E-state index is -4.18. The Bertz CT molecular complexity index is 680. The zero-order valence-corrected chi connectivity index (χ0v) is 12.8. The lowest BCUT2D eigenvalue weighted by Crippen LogP contribution is -2.26. The highest BCUT2D eigenvalue weighted by molar-refractivity contribution is 7.90. The van der Waals surface area contributed by atoms with Gasteiger partial charge in [-0.25, -0.2) is 0 Å². The van der Waals surface area contributed by atoms with Crippen LogP contribution >= 0.6 is 0 Å². The minimum absolute atomic E-state index is 0.196. The van der Waals surface area contributed by atoms with Gasteiger partial charge in [0.2, 0.25) is 0 Å². The zero-order valence-electron chi connectivity index (χ0n) is 12.0. The Morgan fingerprint density at radius 3 is 2.23 bits per heavy atom. The van der Waals surface area contributed by atoms with E-state index in [4.69, 9.17) is 0 Å². The maximum atomic E-state index is 11.9. The summed E-state index contributed by atoms with van der Waals surface area (Å²) in [6, 6.07) is 5.27. The van der Waals surface area contributed by atoms with Crippen molar-refractivity contribution >= 4 is 27.6 Å². The number of aliphatic carboxylic acids is 1. The lowest BCUT2D eigenvalue weighted by atomic mass is 10.3. The molecule has 0 aliphatic carbocycles. The summed E-state index contributed by atoms with van der Waals surface area (Å²) in [7, 11) is -0.816. The molecule has 0 N–H and O–H groups in total. The van der Waals surface area contributed by atoms with Gasteiger partial charge in [-0.05, 0) is 43.0 Å². The number of nitrogens with zero attached hydrogens (tertiary/aromatic N) is 4. The minimum Gasteiger partial charge on any atom is -0.861 e. The normalized spacial score (nSPS) is 12.5. The summed E-state index contributed by atoms with van der Waals surface area (Å²) in [5.41, 5.74) is 0.427. The second-order valence-electron chi connectivity index (χ2n) is 4.36. The second kappa shape index (κ2) is 7.50. The Balaban J connectivity index is 2.89. The third-order valence-corrected chi connectivity index (χ3v) is 3.55. The largest absolute Gasteiger partial charge is 0.861 e. The Labute approximate surface area is 127 Å². The summed E-state index contributed by atoms with van der Waals surface area (Å²) in [5, 5.41) is 30.6. The van der Waals surface area contributed by atoms with Gasteiger partial charge >= 0.3 is 0 Å². The molecule has 0 aliphatic heterocycles. The van der Waals surface area contributed by atoms with Crippen molar-refractivity contribution in [1.82, 2.24) is 5.01 Å². The molecular formula is C12H14N4O5S-2. The van der Waals surface area contributed by atoms with Crippen molar-refractivity contribution in [3.05, 3.63) is 24.3 Å². The SMILES string of the molecule is CN(C)N=Nc1ccc(S(=O)(=O)N=C([O-])CCC(=O)[O-])cc1. The highest BCUT2D eigenvalue weighted by atomic mass is 32.2. The third kappa shape index (κ3) is 5.87. The van der Waals surface area contributed by atoms with E-state index in [9.17, 15) is 23.4 Å². The van der Waals surface area contributed by atoms with E-state index in [0.29, 0.717) is 5.69 Å². The standard InChI is InChI=1S/C12H16N4O5S/c1-16(2)15-13-9-3-5-10(6-4-9)22(20,21)14-11(17)7-8-12(18)19/h3-6H,7-8H2,1-2H3,(H,14,17)(H,18,19)/p-2. The van der Waals surface area contributed by atoms with Crippen LogP contribution in [0.25, 0.3) is 0 Å².